The maximum atomic E-state index is 4.67. The fourth-order valence-electron chi connectivity index (χ4n) is 2.56. The first-order valence-electron chi connectivity index (χ1n) is 7.27. The monoisotopic (exact) mass is 300 g/mol. The molecule has 0 amide bonds. The van der Waals surface area contributed by atoms with Gasteiger partial charge in [-0.2, -0.15) is 5.10 Å². The minimum atomic E-state index is 0.250. The van der Waals surface area contributed by atoms with E-state index in [9.17, 15) is 0 Å². The summed E-state index contributed by atoms with van der Waals surface area (Å²) in [5.41, 5.74) is 3.54. The number of rotatable bonds is 5. The van der Waals surface area contributed by atoms with E-state index in [0.29, 0.717) is 0 Å². The van der Waals surface area contributed by atoms with Crippen LogP contribution in [0.1, 0.15) is 34.1 Å². The molecule has 0 aromatic carbocycles. The van der Waals surface area contributed by atoms with Gasteiger partial charge < -0.3 is 5.32 Å². The number of hydrogen-bond acceptors (Lipinski definition) is 4. The van der Waals surface area contributed by atoms with Gasteiger partial charge in [-0.25, -0.2) is 9.50 Å². The summed E-state index contributed by atoms with van der Waals surface area (Å²) >= 11 is 1.79. The van der Waals surface area contributed by atoms with Crippen molar-refractivity contribution in [3.05, 3.63) is 51.7 Å². The zero-order valence-electron chi connectivity index (χ0n) is 12.6. The molecular weight excluding hydrogens is 280 g/mol. The van der Waals surface area contributed by atoms with Crippen molar-refractivity contribution in [2.45, 2.75) is 33.2 Å². The lowest BCUT2D eigenvalue weighted by atomic mass is 10.1. The first-order chi connectivity index (χ1) is 10.2. The Morgan fingerprint density at radius 1 is 1.33 bits per heavy atom. The third kappa shape index (κ3) is 2.84. The van der Waals surface area contributed by atoms with Gasteiger partial charge in [0.05, 0.1) is 22.4 Å². The SMILES string of the molecule is CCNC(Cc1nc(C)c(C)s1)c1cnn2ccccc12. The van der Waals surface area contributed by atoms with Crippen LogP contribution in [0.5, 0.6) is 0 Å². The second-order valence-corrected chi connectivity index (χ2v) is 6.48. The van der Waals surface area contributed by atoms with Crippen LogP contribution in [0.4, 0.5) is 0 Å². The number of likely N-dealkylation sites (N-methyl/N-ethyl adjacent to an activating group) is 1. The summed E-state index contributed by atoms with van der Waals surface area (Å²) in [4.78, 5) is 5.98. The van der Waals surface area contributed by atoms with Gasteiger partial charge in [-0.05, 0) is 32.5 Å². The van der Waals surface area contributed by atoms with Gasteiger partial charge in [0.1, 0.15) is 0 Å². The Labute approximate surface area is 128 Å². The molecule has 0 aliphatic carbocycles. The van der Waals surface area contributed by atoms with Crippen LogP contribution in [0.15, 0.2) is 30.6 Å². The predicted octanol–water partition coefficient (Wildman–Crippen LogP) is 3.30. The molecule has 5 heteroatoms. The zero-order valence-corrected chi connectivity index (χ0v) is 13.4. The van der Waals surface area contributed by atoms with E-state index in [1.54, 1.807) is 11.3 Å². The molecule has 0 aliphatic heterocycles. The number of hydrogen-bond donors (Lipinski definition) is 1. The van der Waals surface area contributed by atoms with Crippen molar-refractivity contribution in [3.8, 4) is 0 Å². The fourth-order valence-corrected chi connectivity index (χ4v) is 3.54. The van der Waals surface area contributed by atoms with Gasteiger partial charge in [0, 0.05) is 29.1 Å². The Morgan fingerprint density at radius 3 is 2.90 bits per heavy atom. The van der Waals surface area contributed by atoms with Gasteiger partial charge in [0.15, 0.2) is 0 Å². The molecule has 0 radical (unpaired) electrons. The number of aromatic nitrogens is 3. The van der Waals surface area contributed by atoms with Crippen molar-refractivity contribution in [1.29, 1.82) is 0 Å². The molecule has 1 atom stereocenters. The minimum absolute atomic E-state index is 0.250. The molecule has 1 unspecified atom stereocenters. The van der Waals surface area contributed by atoms with Crippen LogP contribution in [0, 0.1) is 13.8 Å². The molecule has 0 bridgehead atoms. The Kier molecular flexibility index (Phi) is 4.03. The van der Waals surface area contributed by atoms with E-state index in [1.165, 1.54) is 15.4 Å². The van der Waals surface area contributed by atoms with Gasteiger partial charge in [-0.1, -0.05) is 13.0 Å². The minimum Gasteiger partial charge on any atom is -0.310 e. The lowest BCUT2D eigenvalue weighted by Gasteiger charge is -2.15. The summed E-state index contributed by atoms with van der Waals surface area (Å²) < 4.78 is 1.93. The maximum Gasteiger partial charge on any atom is 0.0949 e. The van der Waals surface area contributed by atoms with Crippen LogP contribution in [-0.2, 0) is 6.42 Å². The van der Waals surface area contributed by atoms with Crippen molar-refractivity contribution in [2.75, 3.05) is 6.54 Å². The highest BCUT2D eigenvalue weighted by atomic mass is 32.1. The topological polar surface area (TPSA) is 42.2 Å². The standard InChI is InChI=1S/C16H20N4S/c1-4-17-14(9-16-19-11(2)12(3)21-16)13-10-18-20-8-6-5-7-15(13)20/h5-8,10,14,17H,4,9H2,1-3H3. The fraction of sp³-hybridized carbons (Fsp3) is 0.375. The molecule has 1 N–H and O–H groups in total. The summed E-state index contributed by atoms with van der Waals surface area (Å²) in [5.74, 6) is 0. The number of aryl methyl sites for hydroxylation is 2. The van der Waals surface area contributed by atoms with E-state index in [0.717, 1.165) is 24.2 Å². The molecule has 4 nitrogen and oxygen atoms in total. The van der Waals surface area contributed by atoms with E-state index < -0.39 is 0 Å². The molecule has 3 rings (SSSR count). The van der Waals surface area contributed by atoms with Gasteiger partial charge in [-0.15, -0.1) is 11.3 Å². The molecule has 3 aromatic rings. The van der Waals surface area contributed by atoms with Crippen LogP contribution in [0.3, 0.4) is 0 Å². The molecule has 3 heterocycles. The van der Waals surface area contributed by atoms with Crippen LogP contribution in [0.2, 0.25) is 0 Å². The van der Waals surface area contributed by atoms with Crippen molar-refractivity contribution < 1.29 is 0 Å². The molecule has 0 saturated heterocycles. The zero-order chi connectivity index (χ0) is 14.8. The largest absolute Gasteiger partial charge is 0.310 e. The predicted molar refractivity (Wildman–Crippen MR) is 86.9 cm³/mol. The summed E-state index contributed by atoms with van der Waals surface area (Å²) in [6.07, 6.45) is 4.86. The van der Waals surface area contributed by atoms with Gasteiger partial charge in [0.2, 0.25) is 0 Å². The van der Waals surface area contributed by atoms with Crippen molar-refractivity contribution in [2.24, 2.45) is 0 Å². The maximum absolute atomic E-state index is 4.67. The van der Waals surface area contributed by atoms with E-state index in [4.69, 9.17) is 0 Å². The lowest BCUT2D eigenvalue weighted by Crippen LogP contribution is -2.22. The number of thiazole rings is 1. The second-order valence-electron chi connectivity index (χ2n) is 5.19. The Balaban J connectivity index is 1.94. The normalized spacial score (nSPS) is 12.9. The Hall–Kier alpha value is -1.72. The summed E-state index contributed by atoms with van der Waals surface area (Å²) in [7, 11) is 0. The Bertz CT molecular complexity index is 724. The highest BCUT2D eigenvalue weighted by Gasteiger charge is 2.18. The molecule has 0 aliphatic rings. The van der Waals surface area contributed by atoms with Gasteiger partial charge >= 0.3 is 0 Å². The first-order valence-corrected chi connectivity index (χ1v) is 8.09. The number of pyridine rings is 1. The molecule has 110 valence electrons. The number of nitrogens with one attached hydrogen (secondary N) is 1. The average molecular weight is 300 g/mol. The molecule has 0 spiro atoms. The van der Waals surface area contributed by atoms with Crippen molar-refractivity contribution in [1.82, 2.24) is 19.9 Å². The third-order valence-electron chi connectivity index (χ3n) is 3.73. The van der Waals surface area contributed by atoms with E-state index in [2.05, 4.69) is 48.3 Å². The van der Waals surface area contributed by atoms with Crippen molar-refractivity contribution >= 4 is 16.9 Å². The van der Waals surface area contributed by atoms with Crippen LogP contribution in [-0.4, -0.2) is 21.1 Å². The quantitative estimate of drug-likeness (QED) is 0.786. The Morgan fingerprint density at radius 2 is 2.19 bits per heavy atom. The highest BCUT2D eigenvalue weighted by molar-refractivity contribution is 7.11. The van der Waals surface area contributed by atoms with Crippen molar-refractivity contribution in [3.63, 3.8) is 0 Å². The summed E-state index contributed by atoms with van der Waals surface area (Å²) in [5, 5.41) is 9.20. The molecule has 21 heavy (non-hydrogen) atoms. The first kappa shape index (κ1) is 14.2. The lowest BCUT2D eigenvalue weighted by molar-refractivity contribution is 0.551. The van der Waals surface area contributed by atoms with Gasteiger partial charge in [-0.3, -0.25) is 0 Å². The third-order valence-corrected chi connectivity index (χ3v) is 4.83. The van der Waals surface area contributed by atoms with Crippen LogP contribution < -0.4 is 5.32 Å². The van der Waals surface area contributed by atoms with E-state index in [1.807, 2.05) is 23.0 Å². The molecular formula is C16H20N4S. The molecule has 3 aromatic heterocycles. The summed E-state index contributed by atoms with van der Waals surface area (Å²) in [6.45, 7) is 7.27. The highest BCUT2D eigenvalue weighted by Crippen LogP contribution is 2.26. The van der Waals surface area contributed by atoms with E-state index >= 15 is 0 Å². The second kappa shape index (κ2) is 5.95. The van der Waals surface area contributed by atoms with Gasteiger partial charge in [0.25, 0.3) is 0 Å². The van der Waals surface area contributed by atoms with Crippen LogP contribution >= 0.6 is 11.3 Å². The molecule has 0 saturated carbocycles. The smallest absolute Gasteiger partial charge is 0.0949 e. The summed E-state index contributed by atoms with van der Waals surface area (Å²) in [6, 6.07) is 6.42. The molecule has 0 fully saturated rings. The number of fused-ring (bicyclic) bond motifs is 1. The number of nitrogens with zero attached hydrogens (tertiary/aromatic N) is 3. The average Bonchev–Trinajstić information content (AvgIpc) is 3.03. The van der Waals surface area contributed by atoms with E-state index in [-0.39, 0.29) is 6.04 Å². The van der Waals surface area contributed by atoms with Crippen LogP contribution in [0.25, 0.3) is 5.52 Å².